The van der Waals surface area contributed by atoms with Gasteiger partial charge >= 0.3 is 5.97 Å². The average molecular weight is 568 g/mol. The van der Waals surface area contributed by atoms with Crippen molar-refractivity contribution < 1.29 is 14.3 Å². The number of aryl methyl sites for hydroxylation is 1. The second kappa shape index (κ2) is 11.4. The van der Waals surface area contributed by atoms with E-state index in [1.807, 2.05) is 34.9 Å². The second-order valence-corrected chi connectivity index (χ2v) is 10.6. The fourth-order valence-corrected chi connectivity index (χ4v) is 5.88. The van der Waals surface area contributed by atoms with Crippen LogP contribution in [0.25, 0.3) is 10.2 Å². The van der Waals surface area contributed by atoms with Gasteiger partial charge in [0.25, 0.3) is 5.56 Å². The Morgan fingerprint density at radius 3 is 2.63 bits per heavy atom. The number of aromatic nitrogens is 5. The van der Waals surface area contributed by atoms with E-state index in [2.05, 4.69) is 20.2 Å². The van der Waals surface area contributed by atoms with Gasteiger partial charge in [-0.3, -0.25) is 9.36 Å². The number of carbonyl (C=O) groups excluding carboxylic acids is 1. The molecule has 0 unspecified atom stereocenters. The summed E-state index contributed by atoms with van der Waals surface area (Å²) >= 11 is 8.52. The van der Waals surface area contributed by atoms with Gasteiger partial charge in [0.2, 0.25) is 0 Å². The van der Waals surface area contributed by atoms with Crippen molar-refractivity contribution in [3.8, 4) is 5.75 Å². The highest BCUT2D eigenvalue weighted by molar-refractivity contribution is 7.98. The number of fused-ring (bicyclic) bond motifs is 1. The molecule has 0 saturated heterocycles. The molecular weight excluding hydrogens is 546 g/mol. The predicted molar refractivity (Wildman–Crippen MR) is 147 cm³/mol. The molecular formula is C26H22ClN5O4S2. The van der Waals surface area contributed by atoms with Crippen LogP contribution < -0.4 is 10.3 Å². The number of aromatic amines is 1. The number of benzene rings is 2. The summed E-state index contributed by atoms with van der Waals surface area (Å²) in [7, 11) is 1.31. The van der Waals surface area contributed by atoms with Crippen molar-refractivity contribution in [1.29, 1.82) is 0 Å². The molecule has 0 spiro atoms. The van der Waals surface area contributed by atoms with E-state index in [0.717, 1.165) is 16.9 Å². The summed E-state index contributed by atoms with van der Waals surface area (Å²) in [6.07, 6.45) is 0. The average Bonchev–Trinajstić information content (AvgIpc) is 3.47. The molecule has 0 amide bonds. The molecule has 0 aliphatic carbocycles. The van der Waals surface area contributed by atoms with Gasteiger partial charge in [-0.05, 0) is 42.3 Å². The molecule has 5 rings (SSSR count). The Labute approximate surface area is 230 Å². The molecule has 0 saturated carbocycles. The number of hydrogen-bond donors (Lipinski definition) is 1. The van der Waals surface area contributed by atoms with Crippen LogP contribution in [-0.4, -0.2) is 37.8 Å². The molecule has 0 aliphatic rings. The van der Waals surface area contributed by atoms with Gasteiger partial charge in [0, 0.05) is 5.02 Å². The van der Waals surface area contributed by atoms with Crippen molar-refractivity contribution in [2.75, 3.05) is 7.11 Å². The maximum absolute atomic E-state index is 12.8. The van der Waals surface area contributed by atoms with Gasteiger partial charge in [-0.2, -0.15) is 0 Å². The van der Waals surface area contributed by atoms with Gasteiger partial charge in [-0.1, -0.05) is 53.7 Å². The van der Waals surface area contributed by atoms with Crippen LogP contribution in [0, 0.1) is 6.92 Å². The molecule has 0 radical (unpaired) electrons. The van der Waals surface area contributed by atoms with Gasteiger partial charge in [-0.25, -0.2) is 9.78 Å². The van der Waals surface area contributed by atoms with E-state index in [4.69, 9.17) is 21.1 Å². The van der Waals surface area contributed by atoms with Crippen molar-refractivity contribution >= 4 is 50.9 Å². The van der Waals surface area contributed by atoms with Crippen molar-refractivity contribution in [3.05, 3.63) is 97.6 Å². The lowest BCUT2D eigenvalue weighted by atomic mass is 10.2. The van der Waals surface area contributed by atoms with Crippen LogP contribution in [-0.2, 0) is 23.6 Å². The number of esters is 1. The summed E-state index contributed by atoms with van der Waals surface area (Å²) in [6, 6.07) is 17.1. The first kappa shape index (κ1) is 26.0. The van der Waals surface area contributed by atoms with E-state index in [0.29, 0.717) is 60.5 Å². The standard InChI is InChI=1S/C26H22ClN5O4S2/c1-15-21-23(33)28-19(29-24(21)38-22(15)25(34)35-2)14-37-26-31-30-20(13-36-18-10-8-17(27)9-11-18)32(26)12-16-6-4-3-5-7-16/h3-11H,12-14H2,1-2H3,(H,28,29,33). The molecule has 0 fully saturated rings. The lowest BCUT2D eigenvalue weighted by Crippen LogP contribution is -2.12. The highest BCUT2D eigenvalue weighted by atomic mass is 35.5. The first-order chi connectivity index (χ1) is 18.4. The van der Waals surface area contributed by atoms with Crippen LogP contribution in [0.1, 0.15) is 32.4 Å². The van der Waals surface area contributed by atoms with E-state index in [1.54, 1.807) is 31.2 Å². The smallest absolute Gasteiger partial charge is 0.348 e. The Bertz CT molecular complexity index is 1650. The van der Waals surface area contributed by atoms with Crippen molar-refractivity contribution in [3.63, 3.8) is 0 Å². The van der Waals surface area contributed by atoms with E-state index >= 15 is 0 Å². The number of nitrogens with zero attached hydrogens (tertiary/aromatic N) is 4. The van der Waals surface area contributed by atoms with Crippen LogP contribution >= 0.6 is 34.7 Å². The maximum Gasteiger partial charge on any atom is 0.348 e. The quantitative estimate of drug-likeness (QED) is 0.190. The van der Waals surface area contributed by atoms with Gasteiger partial charge in [0.15, 0.2) is 11.0 Å². The fraction of sp³-hybridized carbons (Fsp3) is 0.192. The summed E-state index contributed by atoms with van der Waals surface area (Å²) in [6.45, 7) is 2.48. The number of nitrogens with one attached hydrogen (secondary N) is 1. The number of rotatable bonds is 9. The molecule has 0 aliphatic heterocycles. The number of thioether (sulfide) groups is 1. The summed E-state index contributed by atoms with van der Waals surface area (Å²) in [5, 5.41) is 10.4. The number of ether oxygens (including phenoxy) is 2. The van der Waals surface area contributed by atoms with Crippen LogP contribution in [0.5, 0.6) is 5.75 Å². The zero-order valence-corrected chi connectivity index (χ0v) is 22.8. The Morgan fingerprint density at radius 2 is 1.89 bits per heavy atom. The molecule has 38 heavy (non-hydrogen) atoms. The van der Waals surface area contributed by atoms with Crippen molar-refractivity contribution in [2.24, 2.45) is 0 Å². The Hall–Kier alpha value is -3.67. The topological polar surface area (TPSA) is 112 Å². The fourth-order valence-electron chi connectivity index (χ4n) is 3.81. The molecule has 12 heteroatoms. The van der Waals surface area contributed by atoms with Crippen LogP contribution in [0.3, 0.4) is 0 Å². The van der Waals surface area contributed by atoms with E-state index < -0.39 is 5.97 Å². The number of H-pyrrole nitrogens is 1. The van der Waals surface area contributed by atoms with Gasteiger partial charge in [-0.15, -0.1) is 21.5 Å². The molecule has 194 valence electrons. The van der Waals surface area contributed by atoms with E-state index in [9.17, 15) is 9.59 Å². The second-order valence-electron chi connectivity index (χ2n) is 8.24. The van der Waals surface area contributed by atoms with Crippen molar-refractivity contribution in [1.82, 2.24) is 24.7 Å². The highest BCUT2D eigenvalue weighted by Gasteiger charge is 2.20. The zero-order chi connectivity index (χ0) is 26.6. The molecule has 2 aromatic carbocycles. The first-order valence-corrected chi connectivity index (χ1v) is 13.7. The lowest BCUT2D eigenvalue weighted by Gasteiger charge is -2.11. The SMILES string of the molecule is COC(=O)c1sc2nc(CSc3nnc(COc4ccc(Cl)cc4)n3Cc3ccccc3)[nH]c(=O)c2c1C. The molecule has 3 aromatic heterocycles. The number of carbonyl (C=O) groups is 1. The Kier molecular flexibility index (Phi) is 7.77. The Balaban J connectivity index is 1.39. The summed E-state index contributed by atoms with van der Waals surface area (Å²) in [4.78, 5) is 33.2. The van der Waals surface area contributed by atoms with Gasteiger partial charge < -0.3 is 14.5 Å². The number of thiophene rings is 1. The third kappa shape index (κ3) is 5.59. The molecule has 9 nitrogen and oxygen atoms in total. The minimum Gasteiger partial charge on any atom is -0.486 e. The summed E-state index contributed by atoms with van der Waals surface area (Å²) in [5.41, 5.74) is 1.36. The molecule has 0 bridgehead atoms. The molecule has 3 heterocycles. The van der Waals surface area contributed by atoms with Crippen LogP contribution in [0.15, 0.2) is 64.5 Å². The molecule has 1 N–H and O–H groups in total. The first-order valence-electron chi connectivity index (χ1n) is 11.5. The molecule has 0 atom stereocenters. The van der Waals surface area contributed by atoms with E-state index in [1.165, 1.54) is 18.9 Å². The lowest BCUT2D eigenvalue weighted by molar-refractivity contribution is 0.0605. The third-order valence-electron chi connectivity index (χ3n) is 5.72. The van der Waals surface area contributed by atoms with Crippen LogP contribution in [0.2, 0.25) is 5.02 Å². The monoisotopic (exact) mass is 567 g/mol. The number of hydrogen-bond acceptors (Lipinski definition) is 9. The van der Waals surface area contributed by atoms with Crippen LogP contribution in [0.4, 0.5) is 0 Å². The van der Waals surface area contributed by atoms with E-state index in [-0.39, 0.29) is 12.2 Å². The molecule has 5 aromatic rings. The number of halogens is 1. The number of methoxy groups -OCH3 is 1. The Morgan fingerprint density at radius 1 is 1.13 bits per heavy atom. The zero-order valence-electron chi connectivity index (χ0n) is 20.4. The minimum absolute atomic E-state index is 0.216. The predicted octanol–water partition coefficient (Wildman–Crippen LogP) is 5.24. The highest BCUT2D eigenvalue weighted by Crippen LogP contribution is 2.29. The third-order valence-corrected chi connectivity index (χ3v) is 8.11. The summed E-state index contributed by atoms with van der Waals surface area (Å²) in [5.74, 6) is 1.66. The largest absolute Gasteiger partial charge is 0.486 e. The maximum atomic E-state index is 12.8. The summed E-state index contributed by atoms with van der Waals surface area (Å²) < 4.78 is 12.7. The van der Waals surface area contributed by atoms with Crippen molar-refractivity contribution in [2.45, 2.75) is 31.0 Å². The normalized spacial score (nSPS) is 11.1. The van der Waals surface area contributed by atoms with Gasteiger partial charge in [0.1, 0.15) is 27.9 Å². The van der Waals surface area contributed by atoms with Gasteiger partial charge in [0.05, 0.1) is 24.8 Å². The minimum atomic E-state index is -0.483.